The summed E-state index contributed by atoms with van der Waals surface area (Å²) >= 11 is 0. The predicted molar refractivity (Wildman–Crippen MR) is 121 cm³/mol. The fraction of sp³-hybridized carbons (Fsp3) is 0.167. The smallest absolute Gasteiger partial charge is 0.341 e. The highest BCUT2D eigenvalue weighted by Crippen LogP contribution is 2.27. The van der Waals surface area contributed by atoms with Crippen LogP contribution in [0.1, 0.15) is 29.8 Å². The Kier molecular flexibility index (Phi) is 5.80. The minimum Gasteiger partial charge on any atom is -0.482 e. The van der Waals surface area contributed by atoms with Crippen LogP contribution in [0.15, 0.2) is 66.9 Å². The number of carbonyl (C=O) groups excluding carboxylic acids is 1. The number of aromatic nitrogens is 3. The number of carbonyl (C=O) groups is 2. The van der Waals surface area contributed by atoms with E-state index < -0.39 is 18.2 Å². The van der Waals surface area contributed by atoms with Crippen LogP contribution < -0.4 is 10.1 Å². The molecule has 4 rings (SSSR count). The van der Waals surface area contributed by atoms with E-state index in [1.54, 1.807) is 79.2 Å². The van der Waals surface area contributed by atoms with Gasteiger partial charge < -0.3 is 20.3 Å². The van der Waals surface area contributed by atoms with Crippen LogP contribution in [0.3, 0.4) is 0 Å². The molecular formula is C24H22N4O5. The number of carboxylic acid groups (broad SMARTS) is 1. The van der Waals surface area contributed by atoms with Crippen LogP contribution in [0.25, 0.3) is 16.9 Å². The number of carboxylic acids is 1. The molecule has 0 aliphatic heterocycles. The van der Waals surface area contributed by atoms with Crippen molar-refractivity contribution < 1.29 is 24.5 Å². The zero-order valence-electron chi connectivity index (χ0n) is 18.0. The van der Waals surface area contributed by atoms with E-state index in [1.807, 2.05) is 6.07 Å². The van der Waals surface area contributed by atoms with Gasteiger partial charge in [-0.05, 0) is 43.7 Å². The van der Waals surface area contributed by atoms with Crippen molar-refractivity contribution in [2.75, 3.05) is 11.9 Å². The Morgan fingerprint density at radius 3 is 2.55 bits per heavy atom. The van der Waals surface area contributed by atoms with Crippen LogP contribution in [0.4, 0.5) is 5.82 Å². The molecule has 9 nitrogen and oxygen atoms in total. The normalized spacial score (nSPS) is 11.4. The summed E-state index contributed by atoms with van der Waals surface area (Å²) < 4.78 is 6.89. The summed E-state index contributed by atoms with van der Waals surface area (Å²) in [4.78, 5) is 28.0. The zero-order chi connectivity index (χ0) is 23.6. The Balaban J connectivity index is 1.64. The summed E-state index contributed by atoms with van der Waals surface area (Å²) in [6.07, 6.45) is 1.59. The molecule has 9 heteroatoms. The molecule has 0 unspecified atom stereocenters. The zero-order valence-corrected chi connectivity index (χ0v) is 18.0. The summed E-state index contributed by atoms with van der Waals surface area (Å²) in [6, 6.07) is 17.0. The third kappa shape index (κ3) is 4.99. The van der Waals surface area contributed by atoms with Gasteiger partial charge in [0.1, 0.15) is 11.6 Å². The SMILES string of the molecule is CC(C)(O)c1ccc(C(=O)Nc2cc(-c3cccc(OCC(=O)O)c3)n3nccc3n2)cc1. The largest absolute Gasteiger partial charge is 0.482 e. The topological polar surface area (TPSA) is 126 Å². The lowest BCUT2D eigenvalue weighted by Crippen LogP contribution is -2.17. The number of anilines is 1. The lowest BCUT2D eigenvalue weighted by atomic mass is 9.97. The number of aliphatic carboxylic acids is 1. The monoisotopic (exact) mass is 446 g/mol. The molecule has 3 N–H and O–H groups in total. The molecule has 2 heterocycles. The first-order valence-corrected chi connectivity index (χ1v) is 10.1. The summed E-state index contributed by atoms with van der Waals surface area (Å²) in [7, 11) is 0. The summed E-state index contributed by atoms with van der Waals surface area (Å²) in [5, 5.41) is 26.0. The number of rotatable bonds is 7. The molecule has 0 radical (unpaired) electrons. The van der Waals surface area contributed by atoms with Gasteiger partial charge in [0.05, 0.1) is 17.5 Å². The molecule has 0 aliphatic rings. The van der Waals surface area contributed by atoms with E-state index in [9.17, 15) is 14.7 Å². The summed E-state index contributed by atoms with van der Waals surface area (Å²) in [5.41, 5.74) is 1.99. The second-order valence-electron chi connectivity index (χ2n) is 7.93. The highest BCUT2D eigenvalue weighted by molar-refractivity contribution is 6.04. The number of nitrogens with zero attached hydrogens (tertiary/aromatic N) is 3. The number of aliphatic hydroxyl groups is 1. The van der Waals surface area contributed by atoms with E-state index in [4.69, 9.17) is 9.84 Å². The van der Waals surface area contributed by atoms with Crippen LogP contribution in [-0.4, -0.2) is 43.3 Å². The molecule has 0 spiro atoms. The Bertz CT molecular complexity index is 1320. The number of ether oxygens (including phenoxy) is 1. The maximum Gasteiger partial charge on any atom is 0.341 e. The standard InChI is InChI=1S/C24H22N4O5/c1-24(2,32)17-8-6-15(7-9-17)23(31)27-20-13-19(28-21(26-20)10-11-25-28)16-4-3-5-18(12-16)33-14-22(29)30/h3-13,32H,14H2,1-2H3,(H,29,30)(H,26,27,31). The molecule has 4 aromatic rings. The minimum absolute atomic E-state index is 0.325. The van der Waals surface area contributed by atoms with Gasteiger partial charge in [-0.2, -0.15) is 5.10 Å². The van der Waals surface area contributed by atoms with Gasteiger partial charge in [0, 0.05) is 23.3 Å². The van der Waals surface area contributed by atoms with E-state index in [-0.39, 0.29) is 5.91 Å². The highest BCUT2D eigenvalue weighted by Gasteiger charge is 2.17. The van der Waals surface area contributed by atoms with Crippen LogP contribution in [-0.2, 0) is 10.4 Å². The lowest BCUT2D eigenvalue weighted by Gasteiger charge is -2.17. The number of hydrogen-bond acceptors (Lipinski definition) is 6. The van der Waals surface area contributed by atoms with E-state index in [0.29, 0.717) is 39.6 Å². The second-order valence-corrected chi connectivity index (χ2v) is 7.93. The maximum atomic E-state index is 12.8. The Hall–Kier alpha value is -4.24. The third-order valence-electron chi connectivity index (χ3n) is 4.95. The van der Waals surface area contributed by atoms with Gasteiger partial charge in [-0.1, -0.05) is 24.3 Å². The second kappa shape index (κ2) is 8.71. The molecule has 0 atom stereocenters. The first-order chi connectivity index (χ1) is 15.7. The molecule has 0 bridgehead atoms. The number of hydrogen-bond donors (Lipinski definition) is 3. The van der Waals surface area contributed by atoms with Crippen LogP contribution in [0, 0.1) is 0 Å². The summed E-state index contributed by atoms with van der Waals surface area (Å²) in [6.45, 7) is 2.90. The van der Waals surface area contributed by atoms with Crippen molar-refractivity contribution in [3.05, 3.63) is 78.0 Å². The maximum absolute atomic E-state index is 12.8. The molecule has 1 amide bonds. The molecule has 168 valence electrons. The van der Waals surface area contributed by atoms with Gasteiger partial charge in [0.2, 0.25) is 0 Å². The van der Waals surface area contributed by atoms with Gasteiger partial charge in [-0.3, -0.25) is 4.79 Å². The van der Waals surface area contributed by atoms with Crippen molar-refractivity contribution >= 4 is 23.3 Å². The predicted octanol–water partition coefficient (Wildman–Crippen LogP) is 3.34. The van der Waals surface area contributed by atoms with E-state index in [0.717, 1.165) is 0 Å². The van der Waals surface area contributed by atoms with Crippen LogP contribution >= 0.6 is 0 Å². The van der Waals surface area contributed by atoms with Crippen molar-refractivity contribution in [3.63, 3.8) is 0 Å². The molecule has 2 aromatic heterocycles. The minimum atomic E-state index is -1.07. The van der Waals surface area contributed by atoms with Crippen molar-refractivity contribution in [2.45, 2.75) is 19.4 Å². The third-order valence-corrected chi connectivity index (χ3v) is 4.95. The first-order valence-electron chi connectivity index (χ1n) is 10.1. The molecular weight excluding hydrogens is 424 g/mol. The first kappa shape index (κ1) is 22.0. The van der Waals surface area contributed by atoms with Gasteiger partial charge in [0.25, 0.3) is 5.91 Å². The average Bonchev–Trinajstić information content (AvgIpc) is 3.25. The quantitative estimate of drug-likeness (QED) is 0.397. The van der Waals surface area contributed by atoms with Gasteiger partial charge in [-0.25, -0.2) is 14.3 Å². The van der Waals surface area contributed by atoms with E-state index >= 15 is 0 Å². The fourth-order valence-electron chi connectivity index (χ4n) is 3.29. The number of fused-ring (bicyclic) bond motifs is 1. The molecule has 0 saturated carbocycles. The van der Waals surface area contributed by atoms with Crippen molar-refractivity contribution in [1.82, 2.24) is 14.6 Å². The number of amides is 1. The number of nitrogens with one attached hydrogen (secondary N) is 1. The van der Waals surface area contributed by atoms with Crippen LogP contribution in [0.5, 0.6) is 5.75 Å². The van der Waals surface area contributed by atoms with Gasteiger partial charge >= 0.3 is 5.97 Å². The molecule has 33 heavy (non-hydrogen) atoms. The molecule has 0 fully saturated rings. The fourth-order valence-corrected chi connectivity index (χ4v) is 3.29. The summed E-state index contributed by atoms with van der Waals surface area (Å²) in [5.74, 6) is -0.701. The number of benzene rings is 2. The van der Waals surface area contributed by atoms with Crippen molar-refractivity contribution in [2.24, 2.45) is 0 Å². The molecule has 0 aliphatic carbocycles. The molecule has 0 saturated heterocycles. The van der Waals surface area contributed by atoms with Gasteiger partial charge in [0.15, 0.2) is 12.3 Å². The highest BCUT2D eigenvalue weighted by atomic mass is 16.5. The molecule has 2 aromatic carbocycles. The van der Waals surface area contributed by atoms with Crippen molar-refractivity contribution in [1.29, 1.82) is 0 Å². The van der Waals surface area contributed by atoms with Crippen LogP contribution in [0.2, 0.25) is 0 Å². The Morgan fingerprint density at radius 2 is 1.85 bits per heavy atom. The lowest BCUT2D eigenvalue weighted by molar-refractivity contribution is -0.139. The van der Waals surface area contributed by atoms with E-state index in [1.165, 1.54) is 0 Å². The van der Waals surface area contributed by atoms with E-state index in [2.05, 4.69) is 15.4 Å². The Labute approximate surface area is 189 Å². The van der Waals surface area contributed by atoms with Gasteiger partial charge in [-0.15, -0.1) is 0 Å². The Morgan fingerprint density at radius 1 is 1.09 bits per heavy atom. The van der Waals surface area contributed by atoms with Crippen molar-refractivity contribution in [3.8, 4) is 17.0 Å². The average molecular weight is 446 g/mol.